The van der Waals surface area contributed by atoms with Crippen LogP contribution in [0.3, 0.4) is 0 Å². The highest BCUT2D eigenvalue weighted by atomic mass is 19.3. The number of aliphatic imine (C=N–C) groups is 1. The van der Waals surface area contributed by atoms with Gasteiger partial charge in [-0.3, -0.25) is 0 Å². The van der Waals surface area contributed by atoms with Crippen molar-refractivity contribution in [3.8, 4) is 17.2 Å². The molecule has 0 amide bonds. The summed E-state index contributed by atoms with van der Waals surface area (Å²) in [5.74, 6) is -2.74. The van der Waals surface area contributed by atoms with Gasteiger partial charge >= 0.3 is 5.92 Å². The lowest BCUT2D eigenvalue weighted by Crippen LogP contribution is -2.64. The van der Waals surface area contributed by atoms with Crippen LogP contribution in [0.4, 0.5) is 24.5 Å². The SMILES string of the molecule is COc1ccc(C(NC2=N[C@](C)(c3cc(Nc4ccccc4OC)ccc3F)C(F)(F)C(C)(C)O2)(c2ccccc2)c2ccc(OC)cc2)cc1. The number of halogens is 3. The van der Waals surface area contributed by atoms with E-state index < -0.39 is 28.4 Å². The van der Waals surface area contributed by atoms with Crippen molar-refractivity contribution in [3.63, 3.8) is 0 Å². The lowest BCUT2D eigenvalue weighted by molar-refractivity contribution is -0.209. The molecule has 1 atom stereocenters. The zero-order valence-electron chi connectivity index (χ0n) is 29.3. The van der Waals surface area contributed by atoms with Crippen LogP contribution in [-0.2, 0) is 15.8 Å². The highest BCUT2D eigenvalue weighted by Crippen LogP contribution is 2.53. The normalized spacial score (nSPS) is 17.8. The second kappa shape index (κ2) is 13.6. The van der Waals surface area contributed by atoms with Gasteiger partial charge in [-0.25, -0.2) is 9.38 Å². The number of ether oxygens (including phenoxy) is 4. The topological polar surface area (TPSA) is 73.3 Å². The summed E-state index contributed by atoms with van der Waals surface area (Å²) >= 11 is 0. The Balaban J connectivity index is 1.56. The van der Waals surface area contributed by atoms with E-state index in [0.29, 0.717) is 28.6 Å². The molecule has 6 rings (SSSR count). The Morgan fingerprint density at radius 3 is 1.78 bits per heavy atom. The van der Waals surface area contributed by atoms with Gasteiger partial charge in [-0.2, -0.15) is 8.78 Å². The summed E-state index contributed by atoms with van der Waals surface area (Å²) in [5, 5.41) is 6.63. The number of hydrogen-bond acceptors (Lipinski definition) is 7. The molecule has 0 saturated carbocycles. The Hall–Kier alpha value is -5.64. The van der Waals surface area contributed by atoms with E-state index in [4.69, 9.17) is 18.9 Å². The van der Waals surface area contributed by atoms with Crippen LogP contribution in [0.5, 0.6) is 17.2 Å². The summed E-state index contributed by atoms with van der Waals surface area (Å²) in [6.45, 7) is 3.79. The maximum atomic E-state index is 16.8. The molecule has 1 heterocycles. The zero-order valence-corrected chi connectivity index (χ0v) is 29.3. The largest absolute Gasteiger partial charge is 0.497 e. The minimum absolute atomic E-state index is 0.202. The zero-order chi connectivity index (χ0) is 36.4. The van der Waals surface area contributed by atoms with E-state index in [0.717, 1.165) is 22.8 Å². The number of amidine groups is 1. The average molecular weight is 696 g/mol. The van der Waals surface area contributed by atoms with Crippen LogP contribution in [0.25, 0.3) is 0 Å². The number of rotatable bonds is 10. The highest BCUT2D eigenvalue weighted by molar-refractivity contribution is 5.80. The van der Waals surface area contributed by atoms with Gasteiger partial charge in [0.15, 0.2) is 11.1 Å². The fraction of sp³-hybridized carbons (Fsp3) is 0.244. The first-order valence-corrected chi connectivity index (χ1v) is 16.4. The van der Waals surface area contributed by atoms with Crippen LogP contribution in [0.15, 0.2) is 126 Å². The predicted molar refractivity (Wildman–Crippen MR) is 193 cm³/mol. The number of methoxy groups -OCH3 is 3. The van der Waals surface area contributed by atoms with Crippen LogP contribution in [0.1, 0.15) is 43.0 Å². The summed E-state index contributed by atoms with van der Waals surface area (Å²) in [6, 6.07) is 35.3. The van der Waals surface area contributed by atoms with Crippen LogP contribution >= 0.6 is 0 Å². The molecule has 0 unspecified atom stereocenters. The number of alkyl halides is 2. The lowest BCUT2D eigenvalue weighted by atomic mass is 9.76. The molecule has 2 N–H and O–H groups in total. The Kier molecular flexibility index (Phi) is 9.37. The second-order valence-electron chi connectivity index (χ2n) is 12.9. The fourth-order valence-electron chi connectivity index (χ4n) is 6.60. The van der Waals surface area contributed by atoms with Gasteiger partial charge in [0, 0.05) is 11.3 Å². The van der Waals surface area contributed by atoms with Gasteiger partial charge in [0.25, 0.3) is 6.02 Å². The van der Waals surface area contributed by atoms with Gasteiger partial charge in [0.1, 0.15) is 28.6 Å². The first-order valence-electron chi connectivity index (χ1n) is 16.4. The van der Waals surface area contributed by atoms with E-state index in [1.54, 1.807) is 32.4 Å². The van der Waals surface area contributed by atoms with Crippen LogP contribution in [0.2, 0.25) is 0 Å². The third-order valence-corrected chi connectivity index (χ3v) is 9.47. The van der Waals surface area contributed by atoms with Gasteiger partial charge in [-0.15, -0.1) is 0 Å². The molecule has 10 heteroatoms. The first-order chi connectivity index (χ1) is 24.4. The summed E-state index contributed by atoms with van der Waals surface area (Å²) < 4.78 is 72.0. The van der Waals surface area contributed by atoms with Gasteiger partial charge in [-0.1, -0.05) is 66.7 Å². The first kappa shape index (κ1) is 35.2. The molecule has 1 aliphatic heterocycles. The second-order valence-corrected chi connectivity index (χ2v) is 12.9. The standard InChI is InChI=1S/C41H40F3N3O4/c1-38(2)41(43,44)39(3,33-26-30(20-25-34(33)42)45-35-14-10-11-15-36(35)50-6)46-37(51-38)47-40(27-12-8-7-9-13-27,28-16-21-31(48-4)22-17-28)29-18-23-32(49-5)24-19-29/h7-26,45H,1-6H3,(H,46,47)/t39-/m1/s1. The van der Waals surface area contributed by atoms with Crippen molar-refractivity contribution in [2.75, 3.05) is 26.6 Å². The maximum Gasteiger partial charge on any atom is 0.315 e. The van der Waals surface area contributed by atoms with Crippen molar-refractivity contribution in [2.24, 2.45) is 4.99 Å². The minimum atomic E-state index is -3.69. The van der Waals surface area contributed by atoms with Crippen molar-refractivity contribution in [1.82, 2.24) is 5.32 Å². The maximum absolute atomic E-state index is 16.8. The van der Waals surface area contributed by atoms with Crippen LogP contribution in [-0.4, -0.2) is 38.9 Å². The Bertz CT molecular complexity index is 1970. The third kappa shape index (κ3) is 6.19. The number of para-hydroxylation sites is 2. The smallest absolute Gasteiger partial charge is 0.315 e. The van der Waals surface area contributed by atoms with Crippen molar-refractivity contribution in [3.05, 3.63) is 149 Å². The molecule has 1 aliphatic rings. The molecule has 51 heavy (non-hydrogen) atoms. The summed E-state index contributed by atoms with van der Waals surface area (Å²) in [5.41, 5.74) is -2.95. The van der Waals surface area contributed by atoms with E-state index in [1.165, 1.54) is 40.0 Å². The fourth-order valence-corrected chi connectivity index (χ4v) is 6.60. The van der Waals surface area contributed by atoms with Crippen molar-refractivity contribution in [2.45, 2.75) is 43.4 Å². The van der Waals surface area contributed by atoms with E-state index >= 15 is 13.2 Å². The average Bonchev–Trinajstić information content (AvgIpc) is 3.14. The van der Waals surface area contributed by atoms with Crippen molar-refractivity contribution >= 4 is 17.4 Å². The molecule has 0 aliphatic carbocycles. The van der Waals surface area contributed by atoms with Gasteiger partial charge in [-0.05, 0) is 92.1 Å². The number of nitrogens with zero attached hydrogens (tertiary/aromatic N) is 1. The number of hydrogen-bond donors (Lipinski definition) is 2. The summed E-state index contributed by atoms with van der Waals surface area (Å²) in [7, 11) is 4.68. The molecule has 5 aromatic rings. The quantitative estimate of drug-likeness (QED) is 0.142. The molecule has 264 valence electrons. The van der Waals surface area contributed by atoms with Crippen LogP contribution in [0, 0.1) is 5.82 Å². The molecule has 5 aromatic carbocycles. The number of benzene rings is 5. The minimum Gasteiger partial charge on any atom is -0.497 e. The highest BCUT2D eigenvalue weighted by Gasteiger charge is 2.66. The monoisotopic (exact) mass is 695 g/mol. The molecule has 0 aromatic heterocycles. The van der Waals surface area contributed by atoms with Gasteiger partial charge < -0.3 is 29.6 Å². The Morgan fingerprint density at radius 1 is 0.667 bits per heavy atom. The van der Waals surface area contributed by atoms with Crippen molar-refractivity contribution in [1.29, 1.82) is 0 Å². The molecular weight excluding hydrogens is 655 g/mol. The Labute approximate surface area is 296 Å². The molecule has 0 bridgehead atoms. The van der Waals surface area contributed by atoms with Gasteiger partial charge in [0.2, 0.25) is 0 Å². The lowest BCUT2D eigenvalue weighted by Gasteiger charge is -2.49. The van der Waals surface area contributed by atoms with E-state index in [1.807, 2.05) is 84.9 Å². The molecule has 7 nitrogen and oxygen atoms in total. The third-order valence-electron chi connectivity index (χ3n) is 9.47. The van der Waals surface area contributed by atoms with E-state index in [-0.39, 0.29) is 11.6 Å². The molecule has 0 radical (unpaired) electrons. The number of nitrogens with one attached hydrogen (secondary N) is 2. The predicted octanol–water partition coefficient (Wildman–Crippen LogP) is 9.19. The summed E-state index contributed by atoms with van der Waals surface area (Å²) in [6.07, 6.45) is 0. The van der Waals surface area contributed by atoms with Crippen molar-refractivity contribution < 1.29 is 32.1 Å². The molecule has 0 fully saturated rings. The molecular formula is C41H40F3N3O4. The van der Waals surface area contributed by atoms with Gasteiger partial charge in [0.05, 0.1) is 27.0 Å². The molecule has 0 saturated heterocycles. The van der Waals surface area contributed by atoms with Crippen LogP contribution < -0.4 is 24.8 Å². The Morgan fingerprint density at radius 2 is 1.22 bits per heavy atom. The number of anilines is 2. The van der Waals surface area contributed by atoms with E-state index in [2.05, 4.69) is 15.6 Å². The molecule has 0 spiro atoms. The van der Waals surface area contributed by atoms with E-state index in [9.17, 15) is 0 Å². The summed E-state index contributed by atoms with van der Waals surface area (Å²) in [4.78, 5) is 4.60.